The Kier molecular flexibility index (Phi) is 7.77. The highest BCUT2D eigenvalue weighted by Crippen LogP contribution is 2.37. The molecular formula is C24H27F4N5O3. The van der Waals surface area contributed by atoms with E-state index in [0.29, 0.717) is 11.1 Å². The number of nitrogens with zero attached hydrogens (tertiary/aromatic N) is 1. The number of carbonyl (C=O) groups excluding carboxylic acids is 2. The van der Waals surface area contributed by atoms with Crippen molar-refractivity contribution in [1.29, 1.82) is 0 Å². The first-order valence-electron chi connectivity index (χ1n) is 11.0. The zero-order valence-electron chi connectivity index (χ0n) is 19.8. The maximum absolute atomic E-state index is 13.7. The van der Waals surface area contributed by atoms with Crippen molar-refractivity contribution >= 4 is 11.8 Å². The van der Waals surface area contributed by atoms with Gasteiger partial charge in [-0.2, -0.15) is 13.2 Å². The number of amides is 2. The van der Waals surface area contributed by atoms with E-state index < -0.39 is 41.8 Å². The monoisotopic (exact) mass is 509 g/mol. The summed E-state index contributed by atoms with van der Waals surface area (Å²) < 4.78 is 59.8. The second-order valence-electron chi connectivity index (χ2n) is 8.59. The fourth-order valence-electron chi connectivity index (χ4n) is 4.08. The fraction of sp³-hybridized carbons (Fsp3) is 0.333. The summed E-state index contributed by atoms with van der Waals surface area (Å²) in [4.78, 5) is 24.6. The average Bonchev–Trinajstić information content (AvgIpc) is 3.13. The third kappa shape index (κ3) is 5.54. The lowest BCUT2D eigenvalue weighted by Crippen LogP contribution is -2.53. The summed E-state index contributed by atoms with van der Waals surface area (Å²) in [6.07, 6.45) is -4.62. The van der Waals surface area contributed by atoms with Crippen molar-refractivity contribution in [1.82, 2.24) is 15.8 Å². The molecule has 12 heteroatoms. The molecule has 3 rings (SSSR count). The zero-order chi connectivity index (χ0) is 26.8. The lowest BCUT2D eigenvalue weighted by Gasteiger charge is -2.35. The van der Waals surface area contributed by atoms with Crippen LogP contribution in [0, 0.1) is 11.7 Å². The minimum atomic E-state index is -4.62. The van der Waals surface area contributed by atoms with Gasteiger partial charge in [-0.3, -0.25) is 14.6 Å². The predicted octanol–water partition coefficient (Wildman–Crippen LogP) is 2.87. The van der Waals surface area contributed by atoms with Gasteiger partial charge in [0.05, 0.1) is 24.3 Å². The van der Waals surface area contributed by atoms with Crippen molar-refractivity contribution in [2.45, 2.75) is 38.7 Å². The molecule has 1 aliphatic rings. The fourth-order valence-corrected chi connectivity index (χ4v) is 4.08. The number of hydrogen-bond donors (Lipinski definition) is 4. The summed E-state index contributed by atoms with van der Waals surface area (Å²) in [5.74, 6) is -3.13. The highest BCUT2D eigenvalue weighted by molar-refractivity contribution is 5.97. The highest BCUT2D eigenvalue weighted by atomic mass is 19.4. The Balaban J connectivity index is 1.78. The van der Waals surface area contributed by atoms with E-state index in [0.717, 1.165) is 11.1 Å². The first-order valence-corrected chi connectivity index (χ1v) is 11.0. The van der Waals surface area contributed by atoms with Crippen LogP contribution in [0.15, 0.2) is 53.9 Å². The molecule has 0 aliphatic carbocycles. The zero-order valence-corrected chi connectivity index (χ0v) is 19.8. The van der Waals surface area contributed by atoms with Crippen molar-refractivity contribution in [2.24, 2.45) is 17.4 Å². The molecule has 2 atom stereocenters. The lowest BCUT2D eigenvalue weighted by molar-refractivity contribution is -0.196. The van der Waals surface area contributed by atoms with Crippen LogP contribution >= 0.6 is 0 Å². The number of primary amides is 1. The molecule has 36 heavy (non-hydrogen) atoms. The molecule has 0 aromatic heterocycles. The molecule has 1 heterocycles. The number of benzene rings is 2. The quantitative estimate of drug-likeness (QED) is 0.406. The number of methoxy groups -OCH3 is 1. The van der Waals surface area contributed by atoms with Gasteiger partial charge in [0.1, 0.15) is 23.4 Å². The summed E-state index contributed by atoms with van der Waals surface area (Å²) in [6.45, 7) is 2.87. The molecule has 0 bridgehead atoms. The minimum Gasteiger partial charge on any atom is -0.496 e. The third-order valence-electron chi connectivity index (χ3n) is 5.78. The van der Waals surface area contributed by atoms with Gasteiger partial charge in [-0.25, -0.2) is 9.82 Å². The van der Waals surface area contributed by atoms with Crippen LogP contribution < -0.4 is 26.9 Å². The van der Waals surface area contributed by atoms with Gasteiger partial charge in [0.25, 0.3) is 5.91 Å². The number of ether oxygens (including phenoxy) is 1. The molecule has 2 aromatic rings. The Hall–Kier alpha value is -3.80. The molecule has 194 valence electrons. The number of nitrogens with one attached hydrogen (secondary N) is 2. The largest absolute Gasteiger partial charge is 0.496 e. The predicted molar refractivity (Wildman–Crippen MR) is 123 cm³/mol. The first kappa shape index (κ1) is 26.8. The number of nitrogens with two attached hydrogens (primary N) is 2. The Morgan fingerprint density at radius 1 is 1.17 bits per heavy atom. The second kappa shape index (κ2) is 10.4. The molecule has 6 N–H and O–H groups in total. The maximum atomic E-state index is 13.7. The number of hydrazine groups is 1. The molecule has 0 spiro atoms. The Morgan fingerprint density at radius 2 is 1.81 bits per heavy atom. The average molecular weight is 510 g/mol. The Morgan fingerprint density at radius 3 is 2.33 bits per heavy atom. The summed E-state index contributed by atoms with van der Waals surface area (Å²) in [6, 6.07) is 7.02. The van der Waals surface area contributed by atoms with Crippen LogP contribution in [0.5, 0.6) is 5.75 Å². The van der Waals surface area contributed by atoms with Crippen LogP contribution in [-0.2, 0) is 11.3 Å². The van der Waals surface area contributed by atoms with E-state index in [4.69, 9.17) is 16.2 Å². The molecule has 0 saturated carbocycles. The van der Waals surface area contributed by atoms with Gasteiger partial charge in [-0.15, -0.1) is 0 Å². The van der Waals surface area contributed by atoms with Crippen molar-refractivity contribution in [3.8, 4) is 5.75 Å². The number of carbonyl (C=O) groups is 2. The third-order valence-corrected chi connectivity index (χ3v) is 5.78. The van der Waals surface area contributed by atoms with Gasteiger partial charge >= 0.3 is 6.18 Å². The Labute approximate surface area is 205 Å². The van der Waals surface area contributed by atoms with Gasteiger partial charge in [0.15, 0.2) is 0 Å². The summed E-state index contributed by atoms with van der Waals surface area (Å²) in [7, 11) is 1.36. The van der Waals surface area contributed by atoms with Crippen LogP contribution in [0.1, 0.15) is 41.4 Å². The molecule has 0 saturated heterocycles. The van der Waals surface area contributed by atoms with E-state index >= 15 is 0 Å². The van der Waals surface area contributed by atoms with Gasteiger partial charge in [0.2, 0.25) is 5.91 Å². The smallest absolute Gasteiger partial charge is 0.410 e. The van der Waals surface area contributed by atoms with Crippen LogP contribution in [-0.4, -0.2) is 36.2 Å². The van der Waals surface area contributed by atoms with Gasteiger partial charge in [0, 0.05) is 6.54 Å². The molecule has 8 nitrogen and oxygen atoms in total. The highest BCUT2D eigenvalue weighted by Gasteiger charge is 2.50. The normalized spacial score (nSPS) is 16.9. The number of alkyl halides is 3. The SMILES string of the molecule is COc1ccc(F)cc1C(=O)NCc1ccc(C2NN(C(C(C)C)C(F)(F)F)C(N)=C2C(N)=O)cc1. The number of hydrogen-bond acceptors (Lipinski definition) is 6. The number of halogens is 4. The minimum absolute atomic E-state index is 0.0282. The summed E-state index contributed by atoms with van der Waals surface area (Å²) >= 11 is 0. The molecule has 2 amide bonds. The second-order valence-corrected chi connectivity index (χ2v) is 8.59. The van der Waals surface area contributed by atoms with Crippen LogP contribution in [0.25, 0.3) is 0 Å². The van der Waals surface area contributed by atoms with Crippen LogP contribution in [0.4, 0.5) is 17.6 Å². The molecule has 0 fully saturated rings. The van der Waals surface area contributed by atoms with Crippen molar-refractivity contribution in [3.05, 3.63) is 76.4 Å². The van der Waals surface area contributed by atoms with E-state index in [1.54, 1.807) is 24.3 Å². The summed E-state index contributed by atoms with van der Waals surface area (Å²) in [5, 5.41) is 3.40. The van der Waals surface area contributed by atoms with E-state index in [-0.39, 0.29) is 29.3 Å². The van der Waals surface area contributed by atoms with E-state index in [1.807, 2.05) is 0 Å². The van der Waals surface area contributed by atoms with E-state index in [2.05, 4.69) is 10.7 Å². The van der Waals surface area contributed by atoms with Crippen LogP contribution in [0.3, 0.4) is 0 Å². The number of rotatable bonds is 8. The first-order chi connectivity index (χ1) is 16.8. The molecule has 2 aromatic carbocycles. The van der Waals surface area contributed by atoms with E-state index in [9.17, 15) is 27.2 Å². The van der Waals surface area contributed by atoms with Gasteiger partial charge in [-0.05, 0) is 35.2 Å². The van der Waals surface area contributed by atoms with Gasteiger partial charge < -0.3 is 21.5 Å². The topological polar surface area (TPSA) is 123 Å². The molecule has 0 radical (unpaired) electrons. The standard InChI is InChI=1S/C24H27F4N5O3/c1-12(2)20(24(26,27)28)33-21(29)18(22(30)34)19(32-33)14-6-4-13(5-7-14)11-31-23(35)16-10-15(25)8-9-17(16)36-3/h4-10,12,19-20,32H,11,29H2,1-3H3,(H2,30,34)(H,31,35). The van der Waals surface area contributed by atoms with Crippen LogP contribution in [0.2, 0.25) is 0 Å². The lowest BCUT2D eigenvalue weighted by atomic mass is 9.98. The summed E-state index contributed by atoms with van der Waals surface area (Å²) in [5.41, 5.74) is 15.0. The molecule has 1 aliphatic heterocycles. The van der Waals surface area contributed by atoms with Crippen molar-refractivity contribution < 1.29 is 31.9 Å². The molecule has 2 unspecified atom stereocenters. The Bertz CT molecular complexity index is 1170. The molecular weight excluding hydrogens is 482 g/mol. The van der Waals surface area contributed by atoms with Crippen molar-refractivity contribution in [2.75, 3.05) is 7.11 Å². The van der Waals surface area contributed by atoms with Crippen molar-refractivity contribution in [3.63, 3.8) is 0 Å². The van der Waals surface area contributed by atoms with Gasteiger partial charge in [-0.1, -0.05) is 38.1 Å². The maximum Gasteiger partial charge on any atom is 0.410 e. The van der Waals surface area contributed by atoms with E-state index in [1.165, 1.54) is 33.1 Å².